The predicted octanol–water partition coefficient (Wildman–Crippen LogP) is 3.49. The van der Waals surface area contributed by atoms with E-state index in [1.54, 1.807) is 0 Å². The van der Waals surface area contributed by atoms with E-state index < -0.39 is 17.3 Å². The molecule has 0 saturated carbocycles. The third kappa shape index (κ3) is 3.38. The van der Waals surface area contributed by atoms with Crippen LogP contribution in [0.1, 0.15) is 24.8 Å². The molecule has 128 valence electrons. The Hall–Kier alpha value is -2.09. The van der Waals surface area contributed by atoms with Gasteiger partial charge in [-0.1, -0.05) is 11.6 Å². The van der Waals surface area contributed by atoms with Gasteiger partial charge in [0.05, 0.1) is 5.56 Å². The van der Waals surface area contributed by atoms with E-state index in [-0.39, 0.29) is 16.5 Å². The summed E-state index contributed by atoms with van der Waals surface area (Å²) < 4.78 is 37.8. The predicted molar refractivity (Wildman–Crippen MR) is 84.2 cm³/mol. The Kier molecular flexibility index (Phi) is 4.49. The molecule has 2 aromatic heterocycles. The summed E-state index contributed by atoms with van der Waals surface area (Å²) in [6.45, 7) is 1.46. The highest BCUT2D eigenvalue weighted by molar-refractivity contribution is 6.32. The van der Waals surface area contributed by atoms with Crippen molar-refractivity contribution in [1.82, 2.24) is 15.0 Å². The number of H-pyrrole nitrogens is 1. The fourth-order valence-electron chi connectivity index (χ4n) is 2.59. The number of nitrogens with zero attached hydrogens (tertiary/aromatic N) is 3. The van der Waals surface area contributed by atoms with Gasteiger partial charge in [0.1, 0.15) is 10.7 Å². The third-order valence-electron chi connectivity index (χ3n) is 3.83. The average molecular weight is 359 g/mol. The summed E-state index contributed by atoms with van der Waals surface area (Å²) in [4.78, 5) is 24.5. The number of pyridine rings is 1. The molecule has 9 heteroatoms. The van der Waals surface area contributed by atoms with E-state index in [2.05, 4.69) is 15.0 Å². The summed E-state index contributed by atoms with van der Waals surface area (Å²) in [5.41, 5.74) is -1.25. The zero-order valence-electron chi connectivity index (χ0n) is 12.5. The van der Waals surface area contributed by atoms with Crippen molar-refractivity contribution in [2.45, 2.75) is 25.4 Å². The highest BCUT2D eigenvalue weighted by Gasteiger charge is 2.30. The maximum atomic E-state index is 12.6. The Morgan fingerprint density at radius 2 is 1.88 bits per heavy atom. The second-order valence-corrected chi connectivity index (χ2v) is 5.91. The minimum absolute atomic E-state index is 0.0208. The maximum Gasteiger partial charge on any atom is 0.417 e. The van der Waals surface area contributed by atoms with Gasteiger partial charge < -0.3 is 9.88 Å². The van der Waals surface area contributed by atoms with Gasteiger partial charge in [-0.15, -0.1) is 0 Å². The molecule has 1 saturated heterocycles. The van der Waals surface area contributed by atoms with Crippen molar-refractivity contribution in [3.63, 3.8) is 0 Å². The largest absolute Gasteiger partial charge is 0.417 e. The summed E-state index contributed by atoms with van der Waals surface area (Å²) in [5, 5.41) is -0.0208. The lowest BCUT2D eigenvalue weighted by Crippen LogP contribution is -2.32. The van der Waals surface area contributed by atoms with Gasteiger partial charge in [-0.3, -0.25) is 9.78 Å². The van der Waals surface area contributed by atoms with Gasteiger partial charge >= 0.3 is 6.18 Å². The number of hydrogen-bond acceptors (Lipinski definition) is 4. The van der Waals surface area contributed by atoms with Crippen LogP contribution >= 0.6 is 11.6 Å². The molecule has 1 aliphatic heterocycles. The Balaban J connectivity index is 1.99. The smallest absolute Gasteiger partial charge is 0.355 e. The summed E-state index contributed by atoms with van der Waals surface area (Å²) >= 11 is 6.05. The summed E-state index contributed by atoms with van der Waals surface area (Å²) in [5.74, 6) is 0.440. The number of hydrogen-bond donors (Lipinski definition) is 1. The van der Waals surface area contributed by atoms with Crippen molar-refractivity contribution in [1.29, 1.82) is 0 Å². The van der Waals surface area contributed by atoms with E-state index in [9.17, 15) is 18.0 Å². The molecule has 0 aromatic carbocycles. The quantitative estimate of drug-likeness (QED) is 0.892. The van der Waals surface area contributed by atoms with Crippen LogP contribution in [-0.4, -0.2) is 28.0 Å². The number of nitrogens with one attached hydrogen (secondary N) is 1. The number of aromatic nitrogens is 3. The van der Waals surface area contributed by atoms with Crippen molar-refractivity contribution in [2.24, 2.45) is 0 Å². The van der Waals surface area contributed by atoms with Crippen molar-refractivity contribution >= 4 is 17.4 Å². The fraction of sp³-hybridized carbons (Fsp3) is 0.400. The van der Waals surface area contributed by atoms with E-state index in [0.717, 1.165) is 38.4 Å². The Bertz CT molecular complexity index is 783. The highest BCUT2D eigenvalue weighted by Crippen LogP contribution is 2.30. The molecule has 5 nitrogen and oxygen atoms in total. The first kappa shape index (κ1) is 16.8. The molecule has 1 fully saturated rings. The van der Waals surface area contributed by atoms with Crippen molar-refractivity contribution in [3.8, 4) is 11.5 Å². The van der Waals surface area contributed by atoms with Crippen LogP contribution in [0.5, 0.6) is 0 Å². The van der Waals surface area contributed by atoms with Crippen molar-refractivity contribution in [2.75, 3.05) is 18.0 Å². The molecule has 3 rings (SSSR count). The minimum Gasteiger partial charge on any atom is -0.355 e. The molecule has 2 aromatic rings. The standard InChI is InChI=1S/C15H14ClF3N4O/c16-11-13(23-6-2-1-3-7-23)21-12(22-14(11)24)10-5-4-9(8-20-10)15(17,18)19/h4-5,8H,1-3,6-7H2,(H,21,22,24). The first-order valence-electron chi connectivity index (χ1n) is 7.44. The number of piperidine rings is 1. The Labute approximate surface area is 140 Å². The zero-order valence-corrected chi connectivity index (χ0v) is 13.3. The average Bonchev–Trinajstić information content (AvgIpc) is 2.57. The molecule has 0 amide bonds. The summed E-state index contributed by atoms with van der Waals surface area (Å²) in [7, 11) is 0. The normalized spacial score (nSPS) is 15.6. The number of alkyl halides is 3. The highest BCUT2D eigenvalue weighted by atomic mass is 35.5. The number of anilines is 1. The first-order valence-corrected chi connectivity index (χ1v) is 7.82. The topological polar surface area (TPSA) is 61.9 Å². The van der Waals surface area contributed by atoms with Gasteiger partial charge in [-0.2, -0.15) is 13.2 Å². The van der Waals surface area contributed by atoms with Crippen LogP contribution in [0.2, 0.25) is 5.02 Å². The van der Waals surface area contributed by atoms with Crippen LogP contribution < -0.4 is 10.5 Å². The van der Waals surface area contributed by atoms with Gasteiger partial charge in [0, 0.05) is 19.3 Å². The lowest BCUT2D eigenvalue weighted by Gasteiger charge is -2.28. The lowest BCUT2D eigenvalue weighted by atomic mass is 10.1. The monoisotopic (exact) mass is 358 g/mol. The number of rotatable bonds is 2. The molecule has 1 aliphatic rings. The van der Waals surface area contributed by atoms with Gasteiger partial charge in [0.2, 0.25) is 0 Å². The van der Waals surface area contributed by atoms with Crippen LogP contribution in [-0.2, 0) is 6.18 Å². The molecule has 0 unspecified atom stereocenters. The van der Waals surface area contributed by atoms with Crippen LogP contribution in [0.4, 0.5) is 19.0 Å². The van der Waals surface area contributed by atoms with Crippen LogP contribution in [0.25, 0.3) is 11.5 Å². The van der Waals surface area contributed by atoms with Gasteiger partial charge in [0.25, 0.3) is 5.56 Å². The molecular formula is C15H14ClF3N4O. The molecule has 3 heterocycles. The van der Waals surface area contributed by atoms with Crippen LogP contribution in [0, 0.1) is 0 Å². The fourth-order valence-corrected chi connectivity index (χ4v) is 2.79. The van der Waals surface area contributed by atoms with E-state index in [0.29, 0.717) is 12.0 Å². The summed E-state index contributed by atoms with van der Waals surface area (Å²) in [6.07, 6.45) is -0.711. The van der Waals surface area contributed by atoms with E-state index >= 15 is 0 Å². The van der Waals surface area contributed by atoms with Gasteiger partial charge in [-0.05, 0) is 31.4 Å². The Morgan fingerprint density at radius 3 is 2.46 bits per heavy atom. The van der Waals surface area contributed by atoms with E-state index in [4.69, 9.17) is 11.6 Å². The SMILES string of the molecule is O=c1[nH]c(-c2ccc(C(F)(F)F)cn2)nc(N2CCCCC2)c1Cl. The molecule has 0 atom stereocenters. The first-order chi connectivity index (χ1) is 11.4. The van der Waals surface area contributed by atoms with Crippen molar-refractivity contribution < 1.29 is 13.2 Å². The number of aromatic amines is 1. The minimum atomic E-state index is -4.47. The second kappa shape index (κ2) is 6.43. The van der Waals surface area contributed by atoms with Gasteiger partial charge in [0.15, 0.2) is 11.6 Å². The molecular weight excluding hydrogens is 345 g/mol. The van der Waals surface area contributed by atoms with Gasteiger partial charge in [-0.25, -0.2) is 4.98 Å². The second-order valence-electron chi connectivity index (χ2n) is 5.53. The number of halogens is 4. The van der Waals surface area contributed by atoms with E-state index in [1.807, 2.05) is 4.90 Å². The Morgan fingerprint density at radius 1 is 1.17 bits per heavy atom. The summed E-state index contributed by atoms with van der Waals surface area (Å²) in [6, 6.07) is 2.08. The molecule has 0 radical (unpaired) electrons. The zero-order chi connectivity index (χ0) is 17.3. The van der Waals surface area contributed by atoms with Crippen LogP contribution in [0.15, 0.2) is 23.1 Å². The van der Waals surface area contributed by atoms with Crippen molar-refractivity contribution in [3.05, 3.63) is 39.3 Å². The third-order valence-corrected chi connectivity index (χ3v) is 4.18. The molecule has 0 spiro atoms. The lowest BCUT2D eigenvalue weighted by molar-refractivity contribution is -0.137. The molecule has 0 aliphatic carbocycles. The van der Waals surface area contributed by atoms with Crippen LogP contribution in [0.3, 0.4) is 0 Å². The molecule has 1 N–H and O–H groups in total. The van der Waals surface area contributed by atoms with E-state index in [1.165, 1.54) is 6.07 Å². The molecule has 0 bridgehead atoms. The maximum absolute atomic E-state index is 12.6. The molecule has 24 heavy (non-hydrogen) atoms.